The number of amides is 2. The van der Waals surface area contributed by atoms with Crippen molar-refractivity contribution in [3.05, 3.63) is 117 Å². The third kappa shape index (κ3) is 3.74. The van der Waals surface area contributed by atoms with E-state index in [0.717, 1.165) is 10.6 Å². The molecule has 1 aliphatic carbocycles. The SMILES string of the molecule is C=CC1=CCC2C(=O)N(Nc3ccc(F)cc3)C(=O)C2(c2ccc(Cl)cc2)C1c1cc(Br)ccc1O. The van der Waals surface area contributed by atoms with Crippen LogP contribution in [0.2, 0.25) is 5.02 Å². The van der Waals surface area contributed by atoms with Crippen LogP contribution in [-0.4, -0.2) is 21.9 Å². The van der Waals surface area contributed by atoms with Gasteiger partial charge in [-0.2, -0.15) is 5.01 Å². The van der Waals surface area contributed by atoms with Gasteiger partial charge in [0.05, 0.1) is 17.0 Å². The van der Waals surface area contributed by atoms with Crippen LogP contribution < -0.4 is 5.43 Å². The minimum Gasteiger partial charge on any atom is -0.508 e. The molecule has 0 spiro atoms. The normalized spacial score (nSPS) is 23.3. The standard InChI is InChI=1S/C28H21BrClFN2O3/c1-2-16-3-13-23-26(35)33(32-21-11-9-20(31)10-12-21)27(36)28(23,17-4-7-19(30)8-5-17)25(16)22-15-18(29)6-14-24(22)34/h2-12,14-15,23,25,32,34H,1,13H2. The summed E-state index contributed by atoms with van der Waals surface area (Å²) >= 11 is 9.65. The van der Waals surface area contributed by atoms with Gasteiger partial charge in [-0.25, -0.2) is 4.39 Å². The summed E-state index contributed by atoms with van der Waals surface area (Å²) in [5, 5.41) is 12.4. The molecule has 182 valence electrons. The summed E-state index contributed by atoms with van der Waals surface area (Å²) in [4.78, 5) is 28.3. The summed E-state index contributed by atoms with van der Waals surface area (Å²) in [7, 11) is 0. The van der Waals surface area contributed by atoms with Crippen LogP contribution >= 0.6 is 27.5 Å². The number of carbonyl (C=O) groups is 2. The molecule has 1 fully saturated rings. The van der Waals surface area contributed by atoms with Crippen molar-refractivity contribution in [1.29, 1.82) is 0 Å². The summed E-state index contributed by atoms with van der Waals surface area (Å²) in [5.74, 6) is -2.83. The number of nitrogens with zero attached hydrogens (tertiary/aromatic N) is 1. The second-order valence-corrected chi connectivity index (χ2v) is 10.2. The summed E-state index contributed by atoms with van der Waals surface area (Å²) in [6.07, 6.45) is 3.84. The number of hydrazine groups is 1. The largest absolute Gasteiger partial charge is 0.508 e. The number of phenolic OH excluding ortho intramolecular Hbond substituents is 1. The summed E-state index contributed by atoms with van der Waals surface area (Å²) in [6.45, 7) is 3.96. The number of allylic oxidation sites excluding steroid dienone is 3. The molecular weight excluding hydrogens is 547 g/mol. The van der Waals surface area contributed by atoms with Gasteiger partial charge in [0.25, 0.3) is 11.8 Å². The van der Waals surface area contributed by atoms with E-state index in [4.69, 9.17) is 11.6 Å². The van der Waals surface area contributed by atoms with Crippen molar-refractivity contribution >= 4 is 45.0 Å². The number of rotatable bonds is 5. The molecule has 2 aliphatic rings. The van der Waals surface area contributed by atoms with E-state index in [9.17, 15) is 19.1 Å². The second kappa shape index (κ2) is 9.22. The molecule has 3 aromatic rings. The Morgan fingerprint density at radius 1 is 1.11 bits per heavy atom. The highest BCUT2D eigenvalue weighted by atomic mass is 79.9. The molecule has 2 N–H and O–H groups in total. The maximum atomic E-state index is 14.5. The summed E-state index contributed by atoms with van der Waals surface area (Å²) < 4.78 is 14.2. The van der Waals surface area contributed by atoms with Gasteiger partial charge in [-0.05, 0) is 72.2 Å². The number of carbonyl (C=O) groups excluding carboxylic acids is 2. The Morgan fingerprint density at radius 3 is 2.47 bits per heavy atom. The first-order chi connectivity index (χ1) is 17.3. The number of hydrogen-bond acceptors (Lipinski definition) is 4. The van der Waals surface area contributed by atoms with Crippen molar-refractivity contribution in [3.63, 3.8) is 0 Å². The first-order valence-corrected chi connectivity index (χ1v) is 12.4. The minimum absolute atomic E-state index is 0.00451. The van der Waals surface area contributed by atoms with Gasteiger partial charge in [-0.1, -0.05) is 58.4 Å². The highest BCUT2D eigenvalue weighted by Gasteiger charge is 2.66. The average molecular weight is 568 g/mol. The fourth-order valence-electron chi connectivity index (χ4n) is 5.39. The fraction of sp³-hybridized carbons (Fsp3) is 0.143. The van der Waals surface area contributed by atoms with Gasteiger partial charge in [0.1, 0.15) is 11.6 Å². The molecule has 36 heavy (non-hydrogen) atoms. The van der Waals surface area contributed by atoms with E-state index in [1.54, 1.807) is 48.5 Å². The van der Waals surface area contributed by atoms with Crippen molar-refractivity contribution in [2.75, 3.05) is 5.43 Å². The van der Waals surface area contributed by atoms with Crippen molar-refractivity contribution in [3.8, 4) is 5.75 Å². The van der Waals surface area contributed by atoms with Gasteiger partial charge in [0, 0.05) is 21.0 Å². The quantitative estimate of drug-likeness (QED) is 0.346. The lowest BCUT2D eigenvalue weighted by atomic mass is 9.56. The van der Waals surface area contributed by atoms with Crippen LogP contribution in [0, 0.1) is 11.7 Å². The van der Waals surface area contributed by atoms with Crippen LogP contribution in [0.1, 0.15) is 23.5 Å². The van der Waals surface area contributed by atoms with E-state index in [0.29, 0.717) is 32.7 Å². The number of benzene rings is 3. The molecule has 0 radical (unpaired) electrons. The molecule has 1 heterocycles. The molecule has 0 aromatic heterocycles. The van der Waals surface area contributed by atoms with Crippen molar-refractivity contribution in [2.24, 2.45) is 5.92 Å². The smallest absolute Gasteiger partial charge is 0.260 e. The average Bonchev–Trinajstić information content (AvgIpc) is 3.09. The maximum Gasteiger partial charge on any atom is 0.260 e. The Hall–Kier alpha value is -3.42. The lowest BCUT2D eigenvalue weighted by Gasteiger charge is -2.43. The Kier molecular flexibility index (Phi) is 6.22. The highest BCUT2D eigenvalue weighted by Crippen LogP contribution is 2.59. The summed E-state index contributed by atoms with van der Waals surface area (Å²) in [5.41, 5.74) is 3.68. The number of fused-ring (bicyclic) bond motifs is 1. The number of halogens is 3. The zero-order chi connectivity index (χ0) is 25.6. The second-order valence-electron chi connectivity index (χ2n) is 8.81. The van der Waals surface area contributed by atoms with Crippen LogP contribution in [0.25, 0.3) is 0 Å². The van der Waals surface area contributed by atoms with Gasteiger partial charge in [-0.15, -0.1) is 0 Å². The number of phenols is 1. The van der Waals surface area contributed by atoms with E-state index < -0.39 is 34.9 Å². The van der Waals surface area contributed by atoms with Crippen molar-refractivity contribution in [1.82, 2.24) is 5.01 Å². The lowest BCUT2D eigenvalue weighted by molar-refractivity contribution is -0.138. The predicted molar refractivity (Wildman–Crippen MR) is 140 cm³/mol. The Bertz CT molecular complexity index is 1410. The van der Waals surface area contributed by atoms with Gasteiger partial charge in [0.2, 0.25) is 0 Å². The van der Waals surface area contributed by atoms with E-state index in [1.165, 1.54) is 24.3 Å². The van der Waals surface area contributed by atoms with Crippen LogP contribution in [0.4, 0.5) is 10.1 Å². The molecule has 8 heteroatoms. The molecule has 5 nitrogen and oxygen atoms in total. The van der Waals surface area contributed by atoms with E-state index in [-0.39, 0.29) is 5.75 Å². The van der Waals surface area contributed by atoms with Crippen LogP contribution in [-0.2, 0) is 15.0 Å². The summed E-state index contributed by atoms with van der Waals surface area (Å²) in [6, 6.07) is 17.3. The Labute approximate surface area is 221 Å². The number of anilines is 1. The highest BCUT2D eigenvalue weighted by molar-refractivity contribution is 9.10. The van der Waals surface area contributed by atoms with Gasteiger partial charge in [0.15, 0.2) is 0 Å². The molecule has 1 saturated heterocycles. The molecule has 3 atom stereocenters. The number of aromatic hydroxyl groups is 1. The zero-order valence-corrected chi connectivity index (χ0v) is 21.3. The monoisotopic (exact) mass is 566 g/mol. The third-order valence-electron chi connectivity index (χ3n) is 6.95. The van der Waals surface area contributed by atoms with Crippen LogP contribution in [0.5, 0.6) is 5.75 Å². The Morgan fingerprint density at radius 2 is 1.81 bits per heavy atom. The van der Waals surface area contributed by atoms with Gasteiger partial charge < -0.3 is 5.11 Å². The zero-order valence-electron chi connectivity index (χ0n) is 18.9. The van der Waals surface area contributed by atoms with Crippen molar-refractivity contribution < 1.29 is 19.1 Å². The minimum atomic E-state index is -1.40. The van der Waals surface area contributed by atoms with E-state index in [1.807, 2.05) is 6.08 Å². The van der Waals surface area contributed by atoms with E-state index in [2.05, 4.69) is 27.9 Å². The van der Waals surface area contributed by atoms with E-state index >= 15 is 0 Å². The molecule has 3 aromatic carbocycles. The fourth-order valence-corrected chi connectivity index (χ4v) is 5.89. The lowest BCUT2D eigenvalue weighted by Crippen LogP contribution is -2.48. The molecule has 5 rings (SSSR count). The van der Waals surface area contributed by atoms with Crippen LogP contribution in [0.15, 0.2) is 95.5 Å². The molecule has 0 bridgehead atoms. The third-order valence-corrected chi connectivity index (χ3v) is 7.69. The number of nitrogens with one attached hydrogen (secondary N) is 1. The van der Waals surface area contributed by atoms with Crippen molar-refractivity contribution in [2.45, 2.75) is 17.8 Å². The maximum absolute atomic E-state index is 14.5. The molecule has 2 amide bonds. The van der Waals surface area contributed by atoms with Crippen LogP contribution in [0.3, 0.4) is 0 Å². The van der Waals surface area contributed by atoms with Gasteiger partial charge in [-0.3, -0.25) is 15.0 Å². The first-order valence-electron chi connectivity index (χ1n) is 11.2. The molecule has 0 saturated carbocycles. The molecule has 3 unspecified atom stereocenters. The first kappa shape index (κ1) is 24.3. The number of imide groups is 1. The van der Waals surface area contributed by atoms with Gasteiger partial charge >= 0.3 is 0 Å². The molecular formula is C28H21BrClFN2O3. The topological polar surface area (TPSA) is 69.6 Å². The predicted octanol–water partition coefficient (Wildman–Crippen LogP) is 6.50. The number of hydrogen-bond donors (Lipinski definition) is 2. The Balaban J connectivity index is 1.75. The molecule has 1 aliphatic heterocycles.